The van der Waals surface area contributed by atoms with Gasteiger partial charge in [0.15, 0.2) is 0 Å². The molecule has 1 saturated carbocycles. The van der Waals surface area contributed by atoms with E-state index in [4.69, 9.17) is 0 Å². The third kappa shape index (κ3) is 7.71. The van der Waals surface area contributed by atoms with Gasteiger partial charge in [0.1, 0.15) is 23.4 Å². The average molecular weight is 516 g/mol. The Kier molecular flexibility index (Phi) is 9.75. The van der Waals surface area contributed by atoms with Gasteiger partial charge in [-0.05, 0) is 69.5 Å². The summed E-state index contributed by atoms with van der Waals surface area (Å²) in [5, 5.41) is 5.62. The number of rotatable bonds is 9. The molecule has 7 nitrogen and oxygen atoms in total. The summed E-state index contributed by atoms with van der Waals surface area (Å²) in [6, 6.07) is 10.1. The molecule has 2 aromatic rings. The Morgan fingerprint density at radius 3 is 2.33 bits per heavy atom. The van der Waals surface area contributed by atoms with E-state index in [1.54, 1.807) is 13.0 Å². The normalized spacial score (nSPS) is 15.6. The minimum atomic E-state index is -1.81. The summed E-state index contributed by atoms with van der Waals surface area (Å²) < 4.78 is 25.8. The summed E-state index contributed by atoms with van der Waals surface area (Å²) in [7, 11) is -1.81. The number of anilines is 2. The first kappa shape index (κ1) is 27.5. The molecule has 1 aliphatic rings. The SMILES string of the molecule is Cc1ccc(N(C(=O)CS(=O)CC(=O)Nc2ccc(F)cc2)C(C)C(=O)NC2CCCCC2)c(C)c1. The van der Waals surface area contributed by atoms with Crippen LogP contribution in [-0.4, -0.2) is 45.5 Å². The fraction of sp³-hybridized carbons (Fsp3) is 0.444. The summed E-state index contributed by atoms with van der Waals surface area (Å²) in [5.74, 6) is -2.54. The Balaban J connectivity index is 1.71. The minimum absolute atomic E-state index is 0.0917. The molecule has 0 heterocycles. The summed E-state index contributed by atoms with van der Waals surface area (Å²) in [6.45, 7) is 5.47. The zero-order valence-corrected chi connectivity index (χ0v) is 21.8. The first-order chi connectivity index (χ1) is 17.1. The van der Waals surface area contributed by atoms with E-state index in [0.717, 1.165) is 43.2 Å². The molecule has 0 bridgehead atoms. The Morgan fingerprint density at radius 2 is 1.69 bits per heavy atom. The maximum Gasteiger partial charge on any atom is 0.243 e. The van der Waals surface area contributed by atoms with Gasteiger partial charge in [-0.25, -0.2) is 4.39 Å². The van der Waals surface area contributed by atoms with Crippen LogP contribution < -0.4 is 15.5 Å². The van der Waals surface area contributed by atoms with Crippen molar-refractivity contribution >= 4 is 39.9 Å². The van der Waals surface area contributed by atoms with E-state index in [9.17, 15) is 23.0 Å². The highest BCUT2D eigenvalue weighted by Crippen LogP contribution is 2.25. The van der Waals surface area contributed by atoms with E-state index >= 15 is 0 Å². The lowest BCUT2D eigenvalue weighted by Gasteiger charge is -2.32. The Morgan fingerprint density at radius 1 is 1.03 bits per heavy atom. The van der Waals surface area contributed by atoms with Gasteiger partial charge in [-0.1, -0.05) is 37.0 Å². The van der Waals surface area contributed by atoms with Crippen molar-refractivity contribution in [2.45, 2.75) is 65.0 Å². The average Bonchev–Trinajstić information content (AvgIpc) is 2.82. The molecule has 3 amide bonds. The molecule has 2 N–H and O–H groups in total. The standard InChI is InChI=1S/C27H34FN3O4S/c1-18-9-14-24(19(2)15-18)31(20(3)27(34)30-22-7-5-4-6-8-22)26(33)17-36(35)16-25(32)29-23-12-10-21(28)11-13-23/h9-15,20,22H,4-8,16-17H2,1-3H3,(H,29,32)(H,30,34). The van der Waals surface area contributed by atoms with Crippen molar-refractivity contribution in [2.75, 3.05) is 21.7 Å². The second-order valence-corrected chi connectivity index (χ2v) is 10.8. The predicted octanol–water partition coefficient (Wildman–Crippen LogP) is 4.00. The van der Waals surface area contributed by atoms with Gasteiger partial charge >= 0.3 is 0 Å². The van der Waals surface area contributed by atoms with Crippen molar-refractivity contribution in [1.82, 2.24) is 5.32 Å². The molecule has 0 radical (unpaired) electrons. The lowest BCUT2D eigenvalue weighted by Crippen LogP contribution is -2.52. The minimum Gasteiger partial charge on any atom is -0.352 e. The molecular formula is C27H34FN3O4S. The highest BCUT2D eigenvalue weighted by Gasteiger charge is 2.31. The van der Waals surface area contributed by atoms with Crippen LogP contribution in [0.15, 0.2) is 42.5 Å². The van der Waals surface area contributed by atoms with Crippen molar-refractivity contribution in [3.8, 4) is 0 Å². The van der Waals surface area contributed by atoms with Crippen LogP contribution in [0.4, 0.5) is 15.8 Å². The van der Waals surface area contributed by atoms with E-state index in [2.05, 4.69) is 10.6 Å². The van der Waals surface area contributed by atoms with Crippen molar-refractivity contribution in [1.29, 1.82) is 0 Å². The highest BCUT2D eigenvalue weighted by molar-refractivity contribution is 7.86. The van der Waals surface area contributed by atoms with Gasteiger partial charge in [-0.2, -0.15) is 0 Å². The van der Waals surface area contributed by atoms with Crippen molar-refractivity contribution in [3.05, 3.63) is 59.4 Å². The molecule has 9 heteroatoms. The molecule has 2 unspecified atom stereocenters. The van der Waals surface area contributed by atoms with Gasteiger partial charge in [-0.3, -0.25) is 23.5 Å². The first-order valence-electron chi connectivity index (χ1n) is 12.2. The molecule has 1 aliphatic carbocycles. The molecule has 2 atom stereocenters. The van der Waals surface area contributed by atoms with Gasteiger partial charge in [0.05, 0.1) is 0 Å². The van der Waals surface area contributed by atoms with Crippen LogP contribution in [0.25, 0.3) is 0 Å². The van der Waals surface area contributed by atoms with Gasteiger partial charge in [0, 0.05) is 28.2 Å². The topological polar surface area (TPSA) is 95.6 Å². The van der Waals surface area contributed by atoms with Crippen LogP contribution in [0, 0.1) is 19.7 Å². The van der Waals surface area contributed by atoms with Gasteiger partial charge in [0.2, 0.25) is 17.7 Å². The van der Waals surface area contributed by atoms with Crippen molar-refractivity contribution < 1.29 is 23.0 Å². The van der Waals surface area contributed by atoms with Crippen LogP contribution in [0.2, 0.25) is 0 Å². The number of carbonyl (C=O) groups excluding carboxylic acids is 3. The van der Waals surface area contributed by atoms with E-state index in [0.29, 0.717) is 11.4 Å². The third-order valence-electron chi connectivity index (χ3n) is 6.30. The fourth-order valence-corrected chi connectivity index (χ4v) is 5.34. The molecule has 0 saturated heterocycles. The van der Waals surface area contributed by atoms with Crippen LogP contribution in [0.1, 0.15) is 50.2 Å². The quantitative estimate of drug-likeness (QED) is 0.528. The van der Waals surface area contributed by atoms with Crippen LogP contribution in [0.3, 0.4) is 0 Å². The van der Waals surface area contributed by atoms with Gasteiger partial charge in [0.25, 0.3) is 0 Å². The largest absolute Gasteiger partial charge is 0.352 e. The number of hydrogen-bond donors (Lipinski definition) is 2. The molecule has 0 aliphatic heterocycles. The van der Waals surface area contributed by atoms with E-state index in [1.807, 2.05) is 26.0 Å². The number of nitrogens with zero attached hydrogens (tertiary/aromatic N) is 1. The Hall–Kier alpha value is -3.07. The summed E-state index contributed by atoms with van der Waals surface area (Å²) in [4.78, 5) is 40.2. The maximum atomic E-state index is 13.4. The number of benzene rings is 2. The Labute approximate surface area is 214 Å². The number of hydrogen-bond acceptors (Lipinski definition) is 4. The Bertz CT molecular complexity index is 1120. The summed E-state index contributed by atoms with van der Waals surface area (Å²) >= 11 is 0. The first-order valence-corrected chi connectivity index (χ1v) is 13.7. The molecule has 194 valence electrons. The number of aryl methyl sites for hydroxylation is 2. The maximum absolute atomic E-state index is 13.4. The van der Waals surface area contributed by atoms with Crippen LogP contribution in [-0.2, 0) is 25.2 Å². The zero-order valence-electron chi connectivity index (χ0n) is 21.0. The van der Waals surface area contributed by atoms with E-state index in [-0.39, 0.29) is 11.9 Å². The molecule has 0 aromatic heterocycles. The lowest BCUT2D eigenvalue weighted by atomic mass is 9.95. The smallest absolute Gasteiger partial charge is 0.243 e. The van der Waals surface area contributed by atoms with E-state index < -0.39 is 46.0 Å². The van der Waals surface area contributed by atoms with Crippen LogP contribution in [0.5, 0.6) is 0 Å². The second-order valence-electron chi connectivity index (χ2n) is 9.36. The zero-order chi connectivity index (χ0) is 26.2. The van der Waals surface area contributed by atoms with Gasteiger partial charge < -0.3 is 10.6 Å². The summed E-state index contributed by atoms with van der Waals surface area (Å²) in [5.41, 5.74) is 2.78. The molecule has 2 aromatic carbocycles. The fourth-order valence-electron chi connectivity index (χ4n) is 4.46. The highest BCUT2D eigenvalue weighted by atomic mass is 32.2. The van der Waals surface area contributed by atoms with Crippen molar-refractivity contribution in [3.63, 3.8) is 0 Å². The monoisotopic (exact) mass is 515 g/mol. The lowest BCUT2D eigenvalue weighted by molar-refractivity contribution is -0.126. The third-order valence-corrected chi connectivity index (χ3v) is 7.46. The number of amides is 3. The second kappa shape index (κ2) is 12.8. The number of halogens is 1. The van der Waals surface area contributed by atoms with Gasteiger partial charge in [-0.15, -0.1) is 0 Å². The van der Waals surface area contributed by atoms with Crippen molar-refractivity contribution in [2.24, 2.45) is 0 Å². The van der Waals surface area contributed by atoms with Crippen LogP contribution >= 0.6 is 0 Å². The molecule has 36 heavy (non-hydrogen) atoms. The predicted molar refractivity (Wildman–Crippen MR) is 141 cm³/mol. The number of carbonyl (C=O) groups is 3. The summed E-state index contributed by atoms with van der Waals surface area (Å²) in [6.07, 6.45) is 5.14. The van der Waals surface area contributed by atoms with E-state index in [1.165, 1.54) is 29.2 Å². The molecule has 3 rings (SSSR count). The molecular weight excluding hydrogens is 481 g/mol. The number of nitrogens with one attached hydrogen (secondary N) is 2. The molecule has 0 spiro atoms. The molecule has 1 fully saturated rings.